The monoisotopic (exact) mass is 240 g/mol. The molecule has 2 heterocycles. The summed E-state index contributed by atoms with van der Waals surface area (Å²) in [5, 5.41) is 10.1. The van der Waals surface area contributed by atoms with Crippen LogP contribution in [-0.4, -0.2) is 21.0 Å². The molecule has 0 aliphatic heterocycles. The second kappa shape index (κ2) is 3.66. The summed E-state index contributed by atoms with van der Waals surface area (Å²) in [5.74, 6) is -1.01. The lowest BCUT2D eigenvalue weighted by atomic mass is 10.1. The molecular weight excluding hydrogens is 232 g/mol. The van der Waals surface area contributed by atoms with Crippen LogP contribution in [0.2, 0.25) is 0 Å². The number of pyridine rings is 2. The zero-order valence-corrected chi connectivity index (χ0v) is 9.18. The first-order valence-electron chi connectivity index (χ1n) is 5.31. The van der Waals surface area contributed by atoms with E-state index in [-0.39, 0.29) is 11.1 Å². The van der Waals surface area contributed by atoms with E-state index >= 15 is 0 Å². The number of carboxylic acid groups (broad SMARTS) is 1. The molecule has 88 valence electrons. The minimum atomic E-state index is -1.01. The van der Waals surface area contributed by atoms with Crippen molar-refractivity contribution >= 4 is 27.8 Å². The molecule has 0 fully saturated rings. The normalized spacial score (nSPS) is 10.9. The van der Waals surface area contributed by atoms with Gasteiger partial charge in [0.1, 0.15) is 0 Å². The molecule has 0 aliphatic rings. The van der Waals surface area contributed by atoms with Crippen molar-refractivity contribution in [3.8, 4) is 0 Å². The molecule has 3 rings (SSSR count). The molecule has 2 aromatic heterocycles. The van der Waals surface area contributed by atoms with Crippen molar-refractivity contribution < 1.29 is 9.90 Å². The van der Waals surface area contributed by atoms with Crippen LogP contribution in [0, 0.1) is 0 Å². The SMILES string of the molecule is O=C(O)c1ccc2[nH]c(=O)c3cccnc3c2c1. The Kier molecular flexibility index (Phi) is 2.13. The van der Waals surface area contributed by atoms with E-state index in [9.17, 15) is 9.59 Å². The lowest BCUT2D eigenvalue weighted by molar-refractivity contribution is 0.0697. The Morgan fingerprint density at radius 3 is 2.83 bits per heavy atom. The molecule has 0 radical (unpaired) electrons. The van der Waals surface area contributed by atoms with Crippen molar-refractivity contribution in [1.82, 2.24) is 9.97 Å². The number of hydrogen-bond acceptors (Lipinski definition) is 3. The maximum absolute atomic E-state index is 11.8. The summed E-state index contributed by atoms with van der Waals surface area (Å²) in [6.07, 6.45) is 1.58. The molecule has 0 spiro atoms. The topological polar surface area (TPSA) is 83.0 Å². The Morgan fingerprint density at radius 1 is 1.22 bits per heavy atom. The van der Waals surface area contributed by atoms with E-state index in [1.165, 1.54) is 12.1 Å². The number of aromatic amines is 1. The van der Waals surface area contributed by atoms with Crippen LogP contribution in [-0.2, 0) is 0 Å². The smallest absolute Gasteiger partial charge is 0.335 e. The third-order valence-electron chi connectivity index (χ3n) is 2.82. The van der Waals surface area contributed by atoms with E-state index in [0.717, 1.165) is 0 Å². The number of hydrogen-bond donors (Lipinski definition) is 2. The summed E-state index contributed by atoms with van der Waals surface area (Å²) in [4.78, 5) is 29.6. The molecule has 1 aromatic carbocycles. The van der Waals surface area contributed by atoms with Crippen molar-refractivity contribution in [3.05, 3.63) is 52.4 Å². The number of aromatic carboxylic acids is 1. The number of fused-ring (bicyclic) bond motifs is 3. The van der Waals surface area contributed by atoms with Gasteiger partial charge < -0.3 is 10.1 Å². The van der Waals surface area contributed by atoms with Crippen molar-refractivity contribution in [2.75, 3.05) is 0 Å². The van der Waals surface area contributed by atoms with Gasteiger partial charge in [0.25, 0.3) is 5.56 Å². The van der Waals surface area contributed by atoms with Crippen LogP contribution < -0.4 is 5.56 Å². The lowest BCUT2D eigenvalue weighted by Crippen LogP contribution is -2.07. The van der Waals surface area contributed by atoms with Crippen LogP contribution in [0.15, 0.2) is 41.3 Å². The number of nitrogens with zero attached hydrogens (tertiary/aromatic N) is 1. The van der Waals surface area contributed by atoms with Gasteiger partial charge in [-0.15, -0.1) is 0 Å². The minimum Gasteiger partial charge on any atom is -0.478 e. The summed E-state index contributed by atoms with van der Waals surface area (Å²) < 4.78 is 0. The zero-order chi connectivity index (χ0) is 12.7. The van der Waals surface area contributed by atoms with Gasteiger partial charge in [-0.05, 0) is 30.3 Å². The number of aromatic nitrogens is 2. The van der Waals surface area contributed by atoms with E-state index in [2.05, 4.69) is 9.97 Å². The second-order valence-corrected chi connectivity index (χ2v) is 3.92. The predicted octanol–water partition coefficient (Wildman–Crippen LogP) is 1.77. The molecule has 5 heteroatoms. The number of carboxylic acids is 1. The van der Waals surface area contributed by atoms with E-state index in [0.29, 0.717) is 21.8 Å². The first kappa shape index (κ1) is 10.5. The Morgan fingerprint density at radius 2 is 2.06 bits per heavy atom. The Bertz CT molecular complexity index is 836. The van der Waals surface area contributed by atoms with Crippen LogP contribution >= 0.6 is 0 Å². The minimum absolute atomic E-state index is 0.168. The third kappa shape index (κ3) is 1.45. The van der Waals surface area contributed by atoms with Crippen LogP contribution in [0.25, 0.3) is 21.8 Å². The first-order chi connectivity index (χ1) is 8.66. The standard InChI is InChI=1S/C13H8N2O3/c16-12-8-2-1-5-14-11(8)9-6-7(13(17)18)3-4-10(9)15-12/h1-6H,(H,15,16)(H,17,18). The van der Waals surface area contributed by atoms with Gasteiger partial charge in [-0.2, -0.15) is 0 Å². The number of carbonyl (C=O) groups is 1. The van der Waals surface area contributed by atoms with Gasteiger partial charge in [-0.1, -0.05) is 0 Å². The fraction of sp³-hybridized carbons (Fsp3) is 0. The lowest BCUT2D eigenvalue weighted by Gasteiger charge is -2.03. The molecule has 0 unspecified atom stereocenters. The zero-order valence-electron chi connectivity index (χ0n) is 9.18. The molecule has 2 N–H and O–H groups in total. The maximum atomic E-state index is 11.8. The van der Waals surface area contributed by atoms with Gasteiger partial charge >= 0.3 is 5.97 Å². The van der Waals surface area contributed by atoms with Gasteiger partial charge in [0.05, 0.1) is 22.0 Å². The van der Waals surface area contributed by atoms with E-state index in [1.54, 1.807) is 24.4 Å². The highest BCUT2D eigenvalue weighted by atomic mass is 16.4. The molecule has 0 saturated heterocycles. The van der Waals surface area contributed by atoms with Crippen LogP contribution in [0.5, 0.6) is 0 Å². The van der Waals surface area contributed by atoms with E-state index in [4.69, 9.17) is 5.11 Å². The average molecular weight is 240 g/mol. The highest BCUT2D eigenvalue weighted by Gasteiger charge is 2.09. The molecule has 0 atom stereocenters. The quantitative estimate of drug-likeness (QED) is 0.635. The van der Waals surface area contributed by atoms with Gasteiger partial charge in [0.15, 0.2) is 0 Å². The number of rotatable bonds is 1. The van der Waals surface area contributed by atoms with Crippen LogP contribution in [0.4, 0.5) is 0 Å². The fourth-order valence-corrected chi connectivity index (χ4v) is 1.98. The molecule has 18 heavy (non-hydrogen) atoms. The van der Waals surface area contributed by atoms with Gasteiger partial charge in [-0.25, -0.2) is 4.79 Å². The van der Waals surface area contributed by atoms with E-state index < -0.39 is 5.97 Å². The highest BCUT2D eigenvalue weighted by molar-refractivity contribution is 6.05. The maximum Gasteiger partial charge on any atom is 0.335 e. The van der Waals surface area contributed by atoms with Crippen molar-refractivity contribution in [1.29, 1.82) is 0 Å². The fourth-order valence-electron chi connectivity index (χ4n) is 1.98. The van der Waals surface area contributed by atoms with Crippen LogP contribution in [0.3, 0.4) is 0 Å². The van der Waals surface area contributed by atoms with Gasteiger partial charge in [0, 0.05) is 11.6 Å². The molecule has 5 nitrogen and oxygen atoms in total. The van der Waals surface area contributed by atoms with Crippen molar-refractivity contribution in [2.45, 2.75) is 0 Å². The summed E-state index contributed by atoms with van der Waals surface area (Å²) in [6.45, 7) is 0. The molecular formula is C13H8N2O3. The van der Waals surface area contributed by atoms with Gasteiger partial charge in [0.2, 0.25) is 0 Å². The Labute approximate surface area is 101 Å². The summed E-state index contributed by atoms with van der Waals surface area (Å²) in [7, 11) is 0. The molecule has 0 aliphatic carbocycles. The summed E-state index contributed by atoms with van der Waals surface area (Å²) >= 11 is 0. The molecule has 0 saturated carbocycles. The Balaban J connectivity index is 2.54. The van der Waals surface area contributed by atoms with Crippen molar-refractivity contribution in [2.24, 2.45) is 0 Å². The average Bonchev–Trinajstić information content (AvgIpc) is 2.38. The third-order valence-corrected chi connectivity index (χ3v) is 2.82. The first-order valence-corrected chi connectivity index (χ1v) is 5.31. The van der Waals surface area contributed by atoms with E-state index in [1.807, 2.05) is 0 Å². The molecule has 0 amide bonds. The summed E-state index contributed by atoms with van der Waals surface area (Å²) in [5.41, 5.74) is 1.03. The molecule has 0 bridgehead atoms. The number of nitrogens with one attached hydrogen (secondary N) is 1. The second-order valence-electron chi connectivity index (χ2n) is 3.92. The Hall–Kier alpha value is -2.69. The van der Waals surface area contributed by atoms with Crippen LogP contribution in [0.1, 0.15) is 10.4 Å². The van der Waals surface area contributed by atoms with Crippen molar-refractivity contribution in [3.63, 3.8) is 0 Å². The van der Waals surface area contributed by atoms with Gasteiger partial charge in [-0.3, -0.25) is 9.78 Å². The molecule has 3 aromatic rings. The summed E-state index contributed by atoms with van der Waals surface area (Å²) in [6, 6.07) is 7.88. The largest absolute Gasteiger partial charge is 0.478 e. The highest BCUT2D eigenvalue weighted by Crippen LogP contribution is 2.20. The number of H-pyrrole nitrogens is 1. The predicted molar refractivity (Wildman–Crippen MR) is 66.8 cm³/mol. The number of benzene rings is 1.